The second kappa shape index (κ2) is 9.22. The number of alkyl halides is 3. The normalized spacial score (nSPS) is 11.2. The smallest absolute Gasteiger partial charge is 0.325 e. The molecule has 0 radical (unpaired) electrons. The lowest BCUT2D eigenvalue weighted by Crippen LogP contribution is -2.18. The number of halogens is 4. The van der Waals surface area contributed by atoms with E-state index < -0.39 is 29.0 Å². The van der Waals surface area contributed by atoms with Crippen molar-refractivity contribution in [2.45, 2.75) is 10.5 Å². The van der Waals surface area contributed by atoms with Crippen molar-refractivity contribution in [1.29, 1.82) is 0 Å². The van der Waals surface area contributed by atoms with Crippen LogP contribution in [0.4, 0.5) is 28.4 Å². The van der Waals surface area contributed by atoms with Gasteiger partial charge in [0.05, 0.1) is 16.9 Å². The molecule has 3 rings (SSSR count). The second-order valence-electron chi connectivity index (χ2n) is 5.71. The maximum absolute atomic E-state index is 13.0. The van der Waals surface area contributed by atoms with E-state index in [1.807, 2.05) is 0 Å². The predicted octanol–water partition coefficient (Wildman–Crippen LogP) is 4.68. The molecular formula is C18H12F4N4O2S2. The molecule has 12 heteroatoms. The molecule has 6 nitrogen and oxygen atoms in total. The average molecular weight is 456 g/mol. The van der Waals surface area contributed by atoms with E-state index >= 15 is 0 Å². The van der Waals surface area contributed by atoms with E-state index in [-0.39, 0.29) is 16.8 Å². The summed E-state index contributed by atoms with van der Waals surface area (Å²) < 4.78 is 52.3. The highest BCUT2D eigenvalue weighted by Crippen LogP contribution is 2.32. The summed E-state index contributed by atoms with van der Waals surface area (Å²) in [6.45, 7) is 0. The molecule has 2 N–H and O–H groups in total. The van der Waals surface area contributed by atoms with Crippen molar-refractivity contribution in [3.8, 4) is 0 Å². The van der Waals surface area contributed by atoms with Crippen LogP contribution in [0, 0.1) is 5.82 Å². The highest BCUT2D eigenvalue weighted by Gasteiger charge is 2.35. The Bertz CT molecular complexity index is 1050. The van der Waals surface area contributed by atoms with Crippen LogP contribution >= 0.6 is 23.1 Å². The second-order valence-corrected chi connectivity index (χ2v) is 7.91. The zero-order chi connectivity index (χ0) is 21.7. The third kappa shape index (κ3) is 5.76. The van der Waals surface area contributed by atoms with Gasteiger partial charge >= 0.3 is 6.18 Å². The minimum atomic E-state index is -4.67. The molecule has 2 aromatic carbocycles. The minimum absolute atomic E-state index is 0.00146. The Kier molecular flexibility index (Phi) is 6.67. The molecule has 0 unspecified atom stereocenters. The first-order valence-corrected chi connectivity index (χ1v) is 10.0. The number of benzene rings is 2. The number of anilines is 2. The summed E-state index contributed by atoms with van der Waals surface area (Å²) in [5.41, 5.74) is -1.16. The molecule has 0 fully saturated rings. The SMILES string of the molecule is O=C(CSc1nnc(NC(=O)c2ccccc2C(F)(F)F)s1)Nc1ccc(F)cc1. The summed E-state index contributed by atoms with van der Waals surface area (Å²) in [5.74, 6) is -1.79. The molecule has 0 saturated heterocycles. The number of rotatable bonds is 6. The zero-order valence-corrected chi connectivity index (χ0v) is 16.5. The Morgan fingerprint density at radius 2 is 1.70 bits per heavy atom. The van der Waals surface area contributed by atoms with Crippen molar-refractivity contribution >= 4 is 45.7 Å². The van der Waals surface area contributed by atoms with Crippen LogP contribution in [-0.2, 0) is 11.0 Å². The van der Waals surface area contributed by atoms with Crippen LogP contribution in [0.15, 0.2) is 52.9 Å². The monoisotopic (exact) mass is 456 g/mol. The molecule has 1 aromatic heterocycles. The van der Waals surface area contributed by atoms with Crippen molar-refractivity contribution in [1.82, 2.24) is 10.2 Å². The number of hydrogen-bond acceptors (Lipinski definition) is 6. The highest BCUT2D eigenvalue weighted by atomic mass is 32.2. The van der Waals surface area contributed by atoms with Crippen LogP contribution in [0.1, 0.15) is 15.9 Å². The number of nitrogens with zero attached hydrogens (tertiary/aromatic N) is 2. The van der Waals surface area contributed by atoms with Crippen LogP contribution < -0.4 is 10.6 Å². The first-order valence-electron chi connectivity index (χ1n) is 8.21. The molecule has 0 spiro atoms. The molecule has 0 aliphatic carbocycles. The lowest BCUT2D eigenvalue weighted by molar-refractivity contribution is -0.137. The Morgan fingerprint density at radius 1 is 1.00 bits per heavy atom. The maximum Gasteiger partial charge on any atom is 0.417 e. The largest absolute Gasteiger partial charge is 0.417 e. The first kappa shape index (κ1) is 21.7. The van der Waals surface area contributed by atoms with E-state index in [2.05, 4.69) is 20.8 Å². The summed E-state index contributed by atoms with van der Waals surface area (Å²) in [6.07, 6.45) is -4.67. The van der Waals surface area contributed by atoms with Crippen molar-refractivity contribution < 1.29 is 27.2 Å². The summed E-state index contributed by atoms with van der Waals surface area (Å²) >= 11 is 1.95. The van der Waals surface area contributed by atoms with Gasteiger partial charge in [0.15, 0.2) is 4.34 Å². The van der Waals surface area contributed by atoms with Crippen LogP contribution in [0.2, 0.25) is 0 Å². The topological polar surface area (TPSA) is 84.0 Å². The van der Waals surface area contributed by atoms with E-state index in [0.29, 0.717) is 10.0 Å². The van der Waals surface area contributed by atoms with Gasteiger partial charge in [0.2, 0.25) is 11.0 Å². The number of carbonyl (C=O) groups is 2. The van der Waals surface area contributed by atoms with Crippen LogP contribution in [0.3, 0.4) is 0 Å². The Morgan fingerprint density at radius 3 is 2.40 bits per heavy atom. The third-order valence-electron chi connectivity index (χ3n) is 3.56. The summed E-state index contributed by atoms with van der Waals surface area (Å²) in [7, 11) is 0. The number of carbonyl (C=O) groups excluding carboxylic acids is 2. The van der Waals surface area contributed by atoms with Gasteiger partial charge in [0.1, 0.15) is 5.82 Å². The van der Waals surface area contributed by atoms with Crippen LogP contribution in [-0.4, -0.2) is 27.8 Å². The van der Waals surface area contributed by atoms with Gasteiger partial charge in [-0.25, -0.2) is 4.39 Å². The van der Waals surface area contributed by atoms with Crippen LogP contribution in [0.25, 0.3) is 0 Å². The number of thioether (sulfide) groups is 1. The Balaban J connectivity index is 1.57. The fourth-order valence-corrected chi connectivity index (χ4v) is 3.82. The van der Waals surface area contributed by atoms with E-state index in [4.69, 9.17) is 0 Å². The summed E-state index contributed by atoms with van der Waals surface area (Å²) in [4.78, 5) is 24.1. The summed E-state index contributed by atoms with van der Waals surface area (Å²) in [6, 6.07) is 9.63. The fourth-order valence-electron chi connectivity index (χ4n) is 2.27. The zero-order valence-electron chi connectivity index (χ0n) is 14.9. The molecule has 0 aliphatic rings. The van der Waals surface area contributed by atoms with Crippen molar-refractivity contribution in [3.05, 3.63) is 65.5 Å². The third-order valence-corrected chi connectivity index (χ3v) is 5.53. The Hall–Kier alpha value is -2.99. The number of aromatic nitrogens is 2. The van der Waals surface area contributed by atoms with Crippen molar-refractivity contribution in [2.24, 2.45) is 0 Å². The molecule has 156 valence electrons. The van der Waals surface area contributed by atoms with Gasteiger partial charge in [-0.2, -0.15) is 13.2 Å². The molecule has 3 aromatic rings. The standard InChI is InChI=1S/C18H12F4N4O2S2/c19-10-5-7-11(8-6-10)23-14(27)9-29-17-26-25-16(30-17)24-15(28)12-3-1-2-4-13(12)18(20,21)22/h1-8H,9H2,(H,23,27)(H,24,25,28). The maximum atomic E-state index is 13.0. The molecule has 0 aliphatic heterocycles. The average Bonchev–Trinajstić information content (AvgIpc) is 3.15. The van der Waals surface area contributed by atoms with Crippen molar-refractivity contribution in [2.75, 3.05) is 16.4 Å². The highest BCUT2D eigenvalue weighted by molar-refractivity contribution is 8.01. The number of amides is 2. The van der Waals surface area contributed by atoms with Gasteiger partial charge in [-0.3, -0.25) is 14.9 Å². The van der Waals surface area contributed by atoms with Gasteiger partial charge in [-0.05, 0) is 36.4 Å². The number of nitrogens with one attached hydrogen (secondary N) is 2. The molecular weight excluding hydrogens is 444 g/mol. The molecule has 0 saturated carbocycles. The van der Waals surface area contributed by atoms with Gasteiger partial charge in [-0.15, -0.1) is 10.2 Å². The van der Waals surface area contributed by atoms with E-state index in [1.165, 1.54) is 36.4 Å². The molecule has 30 heavy (non-hydrogen) atoms. The van der Waals surface area contributed by atoms with E-state index in [9.17, 15) is 27.2 Å². The molecule has 2 amide bonds. The number of hydrogen-bond donors (Lipinski definition) is 2. The molecule has 1 heterocycles. The molecule has 0 bridgehead atoms. The minimum Gasteiger partial charge on any atom is -0.325 e. The van der Waals surface area contributed by atoms with Gasteiger partial charge < -0.3 is 5.32 Å². The summed E-state index contributed by atoms with van der Waals surface area (Å²) in [5, 5.41) is 12.3. The van der Waals surface area contributed by atoms with E-state index in [0.717, 1.165) is 35.2 Å². The first-order chi connectivity index (χ1) is 14.2. The molecule has 0 atom stereocenters. The van der Waals surface area contributed by atoms with Gasteiger partial charge in [-0.1, -0.05) is 35.2 Å². The quantitative estimate of drug-likeness (QED) is 0.320. The van der Waals surface area contributed by atoms with E-state index in [1.54, 1.807) is 0 Å². The fraction of sp³-hybridized carbons (Fsp3) is 0.111. The van der Waals surface area contributed by atoms with Crippen LogP contribution in [0.5, 0.6) is 0 Å². The lowest BCUT2D eigenvalue weighted by atomic mass is 10.1. The lowest BCUT2D eigenvalue weighted by Gasteiger charge is -2.11. The van der Waals surface area contributed by atoms with Crippen molar-refractivity contribution in [3.63, 3.8) is 0 Å². The van der Waals surface area contributed by atoms with Gasteiger partial charge in [0.25, 0.3) is 5.91 Å². The predicted molar refractivity (Wildman–Crippen MR) is 105 cm³/mol. The Labute approximate surface area is 175 Å². The van der Waals surface area contributed by atoms with Gasteiger partial charge in [0, 0.05) is 5.69 Å².